The molecule has 2 aromatic carbocycles. The van der Waals surface area contributed by atoms with Crippen LogP contribution >= 0.6 is 0 Å². The molecule has 34 heavy (non-hydrogen) atoms. The molecule has 7 nitrogen and oxygen atoms in total. The predicted molar refractivity (Wildman–Crippen MR) is 127 cm³/mol. The molecular formula is C26H29FN4O3. The first kappa shape index (κ1) is 23.6. The van der Waals surface area contributed by atoms with Gasteiger partial charge < -0.3 is 14.7 Å². The second kappa shape index (κ2) is 10.2. The number of nitrogens with zero attached hydrogens (tertiary/aromatic N) is 3. The molecule has 178 valence electrons. The zero-order valence-corrected chi connectivity index (χ0v) is 19.7. The SMILES string of the molecule is Cc1cc(-c2noc(CCC(=O)Nc3ccc(C(=O)N4CCCCC4C)cc3C)n2)ccc1F. The van der Waals surface area contributed by atoms with Crippen LogP contribution in [0.3, 0.4) is 0 Å². The molecule has 0 bridgehead atoms. The van der Waals surface area contributed by atoms with Crippen molar-refractivity contribution < 1.29 is 18.5 Å². The van der Waals surface area contributed by atoms with E-state index in [2.05, 4.69) is 22.4 Å². The molecule has 3 aromatic rings. The van der Waals surface area contributed by atoms with Gasteiger partial charge in [0.05, 0.1) is 0 Å². The van der Waals surface area contributed by atoms with Gasteiger partial charge in [0.1, 0.15) is 5.82 Å². The van der Waals surface area contributed by atoms with Crippen molar-refractivity contribution in [2.24, 2.45) is 0 Å². The topological polar surface area (TPSA) is 88.3 Å². The number of nitrogens with one attached hydrogen (secondary N) is 1. The number of halogens is 1. The second-order valence-electron chi connectivity index (χ2n) is 8.90. The van der Waals surface area contributed by atoms with E-state index < -0.39 is 0 Å². The Kier molecular flexibility index (Phi) is 7.05. The highest BCUT2D eigenvalue weighted by Crippen LogP contribution is 2.23. The Hall–Kier alpha value is -3.55. The molecule has 2 amide bonds. The van der Waals surface area contributed by atoms with Crippen LogP contribution in [0.15, 0.2) is 40.9 Å². The number of aromatic nitrogens is 2. The third kappa shape index (κ3) is 5.32. The smallest absolute Gasteiger partial charge is 0.254 e. The average molecular weight is 465 g/mol. The van der Waals surface area contributed by atoms with E-state index in [0.717, 1.165) is 31.4 Å². The monoisotopic (exact) mass is 464 g/mol. The maximum absolute atomic E-state index is 13.5. The summed E-state index contributed by atoms with van der Waals surface area (Å²) in [6, 6.07) is 10.2. The van der Waals surface area contributed by atoms with Crippen LogP contribution in [0.2, 0.25) is 0 Å². The van der Waals surface area contributed by atoms with E-state index in [1.807, 2.05) is 17.9 Å². The fourth-order valence-electron chi connectivity index (χ4n) is 4.19. The van der Waals surface area contributed by atoms with E-state index >= 15 is 0 Å². The van der Waals surface area contributed by atoms with Gasteiger partial charge in [-0.25, -0.2) is 4.39 Å². The Morgan fingerprint density at radius 3 is 2.71 bits per heavy atom. The molecular weight excluding hydrogens is 435 g/mol. The third-order valence-corrected chi connectivity index (χ3v) is 6.26. The molecule has 0 radical (unpaired) electrons. The van der Waals surface area contributed by atoms with Gasteiger partial charge in [0.2, 0.25) is 17.6 Å². The highest BCUT2D eigenvalue weighted by Gasteiger charge is 2.24. The number of amides is 2. The van der Waals surface area contributed by atoms with Crippen LogP contribution in [0.1, 0.15) is 60.0 Å². The number of rotatable bonds is 6. The van der Waals surface area contributed by atoms with Crippen molar-refractivity contribution in [3.63, 3.8) is 0 Å². The lowest BCUT2D eigenvalue weighted by molar-refractivity contribution is -0.116. The van der Waals surface area contributed by atoms with Gasteiger partial charge in [-0.1, -0.05) is 5.16 Å². The number of anilines is 1. The maximum Gasteiger partial charge on any atom is 0.254 e. The Balaban J connectivity index is 1.34. The maximum atomic E-state index is 13.5. The third-order valence-electron chi connectivity index (χ3n) is 6.26. The first-order valence-electron chi connectivity index (χ1n) is 11.6. The van der Waals surface area contributed by atoms with Crippen molar-refractivity contribution in [2.75, 3.05) is 11.9 Å². The summed E-state index contributed by atoms with van der Waals surface area (Å²) >= 11 is 0. The van der Waals surface area contributed by atoms with Gasteiger partial charge in [-0.2, -0.15) is 4.98 Å². The Labute approximate surface area is 198 Å². The average Bonchev–Trinajstić information content (AvgIpc) is 3.30. The molecule has 1 aliphatic rings. The fourth-order valence-corrected chi connectivity index (χ4v) is 4.19. The largest absolute Gasteiger partial charge is 0.339 e. The minimum absolute atomic E-state index is 0.0386. The number of piperidine rings is 1. The van der Waals surface area contributed by atoms with Gasteiger partial charge in [-0.3, -0.25) is 9.59 Å². The molecule has 8 heteroatoms. The van der Waals surface area contributed by atoms with Gasteiger partial charge >= 0.3 is 0 Å². The summed E-state index contributed by atoms with van der Waals surface area (Å²) in [6.45, 7) is 6.42. The van der Waals surface area contributed by atoms with Crippen molar-refractivity contribution in [2.45, 2.75) is 58.9 Å². The number of hydrogen-bond donors (Lipinski definition) is 1. The van der Waals surface area contributed by atoms with E-state index in [1.165, 1.54) is 6.07 Å². The van der Waals surface area contributed by atoms with Crippen LogP contribution < -0.4 is 5.32 Å². The van der Waals surface area contributed by atoms with Crippen molar-refractivity contribution in [1.29, 1.82) is 0 Å². The lowest BCUT2D eigenvalue weighted by Crippen LogP contribution is -2.42. The first-order valence-corrected chi connectivity index (χ1v) is 11.6. The summed E-state index contributed by atoms with van der Waals surface area (Å²) in [5.41, 5.74) is 3.29. The van der Waals surface area contributed by atoms with Crippen molar-refractivity contribution in [3.8, 4) is 11.4 Å². The molecule has 4 rings (SSSR count). The van der Waals surface area contributed by atoms with Gasteiger partial charge in [0.25, 0.3) is 5.91 Å². The number of benzene rings is 2. The highest BCUT2D eigenvalue weighted by atomic mass is 19.1. The van der Waals surface area contributed by atoms with E-state index in [4.69, 9.17) is 4.52 Å². The zero-order chi connectivity index (χ0) is 24.2. The molecule has 1 N–H and O–H groups in total. The fraction of sp³-hybridized carbons (Fsp3) is 0.385. The minimum Gasteiger partial charge on any atom is -0.339 e. The van der Waals surface area contributed by atoms with Gasteiger partial charge in [0.15, 0.2) is 0 Å². The quantitative estimate of drug-likeness (QED) is 0.550. The molecule has 2 heterocycles. The molecule has 0 aliphatic carbocycles. The second-order valence-corrected chi connectivity index (χ2v) is 8.90. The summed E-state index contributed by atoms with van der Waals surface area (Å²) in [7, 11) is 0. The van der Waals surface area contributed by atoms with E-state index in [1.54, 1.807) is 31.2 Å². The zero-order valence-electron chi connectivity index (χ0n) is 19.7. The van der Waals surface area contributed by atoms with E-state index in [-0.39, 0.29) is 36.5 Å². The molecule has 1 fully saturated rings. The lowest BCUT2D eigenvalue weighted by Gasteiger charge is -2.33. The Bertz CT molecular complexity index is 1210. The van der Waals surface area contributed by atoms with Gasteiger partial charge in [-0.15, -0.1) is 0 Å². The molecule has 1 unspecified atom stereocenters. The Morgan fingerprint density at radius 2 is 1.97 bits per heavy atom. The number of carbonyl (C=O) groups is 2. The van der Waals surface area contributed by atoms with E-state index in [0.29, 0.717) is 34.1 Å². The normalized spacial score (nSPS) is 15.9. The summed E-state index contributed by atoms with van der Waals surface area (Å²) in [6.07, 6.45) is 3.67. The van der Waals surface area contributed by atoms with Crippen LogP contribution in [0.25, 0.3) is 11.4 Å². The Morgan fingerprint density at radius 1 is 1.15 bits per heavy atom. The van der Waals surface area contributed by atoms with Crippen LogP contribution in [0.5, 0.6) is 0 Å². The number of aryl methyl sites for hydroxylation is 3. The van der Waals surface area contributed by atoms with Crippen molar-refractivity contribution in [1.82, 2.24) is 15.0 Å². The summed E-state index contributed by atoms with van der Waals surface area (Å²) in [5, 5.41) is 6.82. The van der Waals surface area contributed by atoms with Crippen LogP contribution in [0.4, 0.5) is 10.1 Å². The summed E-state index contributed by atoms with van der Waals surface area (Å²) in [5.74, 6) is 0.247. The van der Waals surface area contributed by atoms with Crippen LogP contribution in [-0.2, 0) is 11.2 Å². The minimum atomic E-state index is -0.294. The predicted octanol–water partition coefficient (Wildman–Crippen LogP) is 5.08. The van der Waals surface area contributed by atoms with Gasteiger partial charge in [-0.05, 0) is 87.6 Å². The first-order chi connectivity index (χ1) is 16.3. The van der Waals surface area contributed by atoms with Crippen LogP contribution in [0, 0.1) is 19.7 Å². The molecule has 0 saturated carbocycles. The summed E-state index contributed by atoms with van der Waals surface area (Å²) in [4.78, 5) is 31.6. The standard InChI is InChI=1S/C26H29FN4O3/c1-16-14-19(7-9-21(16)27)25-29-24(34-30-25)12-11-23(32)28-22-10-8-20(15-17(22)2)26(33)31-13-5-4-6-18(31)3/h7-10,14-15,18H,4-6,11-13H2,1-3H3,(H,28,32). The number of likely N-dealkylation sites (tertiary alicyclic amines) is 1. The van der Waals surface area contributed by atoms with Crippen LogP contribution in [-0.4, -0.2) is 39.4 Å². The molecule has 1 atom stereocenters. The lowest BCUT2D eigenvalue weighted by atomic mass is 10.0. The molecule has 1 aromatic heterocycles. The number of carbonyl (C=O) groups excluding carboxylic acids is 2. The van der Waals surface area contributed by atoms with Gasteiger partial charge in [0, 0.05) is 42.2 Å². The van der Waals surface area contributed by atoms with E-state index in [9.17, 15) is 14.0 Å². The van der Waals surface area contributed by atoms with Crippen molar-refractivity contribution in [3.05, 3.63) is 64.8 Å². The number of hydrogen-bond acceptors (Lipinski definition) is 5. The summed E-state index contributed by atoms with van der Waals surface area (Å²) < 4.78 is 18.7. The van der Waals surface area contributed by atoms with Crippen molar-refractivity contribution >= 4 is 17.5 Å². The highest BCUT2D eigenvalue weighted by molar-refractivity contribution is 5.96. The molecule has 1 saturated heterocycles. The molecule has 1 aliphatic heterocycles. The molecule has 0 spiro atoms.